The number of hydrogen-bond donors (Lipinski definition) is 1. The molecule has 7 nitrogen and oxygen atoms in total. The van der Waals surface area contributed by atoms with Crippen molar-refractivity contribution in [2.75, 3.05) is 39.3 Å². The van der Waals surface area contributed by atoms with Crippen LogP contribution in [0, 0.1) is 6.92 Å². The Morgan fingerprint density at radius 1 is 1.22 bits per heavy atom. The highest BCUT2D eigenvalue weighted by atomic mass is 16.5. The Hall–Kier alpha value is -2.25. The zero-order chi connectivity index (χ0) is 18.6. The quantitative estimate of drug-likeness (QED) is 0.886. The van der Waals surface area contributed by atoms with E-state index < -0.39 is 0 Å². The van der Waals surface area contributed by atoms with Crippen LogP contribution in [0.1, 0.15) is 46.4 Å². The van der Waals surface area contributed by atoms with Crippen LogP contribution in [0.5, 0.6) is 0 Å². The zero-order valence-electron chi connectivity index (χ0n) is 15.9. The Labute approximate surface area is 159 Å². The molecule has 0 radical (unpaired) electrons. The lowest BCUT2D eigenvalue weighted by molar-refractivity contribution is 0.0624. The van der Waals surface area contributed by atoms with Gasteiger partial charge in [0.1, 0.15) is 0 Å². The second kappa shape index (κ2) is 8.19. The third kappa shape index (κ3) is 4.36. The number of hydrogen-bond acceptors (Lipinski definition) is 6. The summed E-state index contributed by atoms with van der Waals surface area (Å²) in [6, 6.07) is 8.22. The lowest BCUT2D eigenvalue weighted by atomic mass is 9.91. The molecule has 0 spiro atoms. The van der Waals surface area contributed by atoms with E-state index in [9.17, 15) is 4.79 Å². The van der Waals surface area contributed by atoms with E-state index in [0.717, 1.165) is 44.8 Å². The molecule has 1 amide bonds. The second-order valence-electron chi connectivity index (χ2n) is 7.46. The molecule has 0 aliphatic carbocycles. The average molecular weight is 369 g/mol. The standard InChI is InChI=1S/C20H27N5O2/c1-15-22-19(23-27-15)14-24-9-11-25(12-10-24)20(26)17-6-4-16(5-7-17)18-3-2-8-21-13-18/h4-7,18,21H,2-3,8-14H2,1H3/t18-/m1/s1. The smallest absolute Gasteiger partial charge is 0.253 e. The predicted molar refractivity (Wildman–Crippen MR) is 102 cm³/mol. The van der Waals surface area contributed by atoms with E-state index in [0.29, 0.717) is 24.2 Å². The predicted octanol–water partition coefficient (Wildman–Crippen LogP) is 1.80. The number of nitrogens with one attached hydrogen (secondary N) is 1. The maximum atomic E-state index is 12.8. The lowest BCUT2D eigenvalue weighted by Gasteiger charge is -2.34. The van der Waals surface area contributed by atoms with Crippen LogP contribution < -0.4 is 5.32 Å². The van der Waals surface area contributed by atoms with Gasteiger partial charge in [0.2, 0.25) is 5.89 Å². The van der Waals surface area contributed by atoms with Crippen LogP contribution in [0.25, 0.3) is 0 Å². The summed E-state index contributed by atoms with van der Waals surface area (Å²) in [7, 11) is 0. The molecule has 7 heteroatoms. The number of amides is 1. The van der Waals surface area contributed by atoms with Crippen LogP contribution in [0.15, 0.2) is 28.8 Å². The second-order valence-corrected chi connectivity index (χ2v) is 7.46. The first-order valence-corrected chi connectivity index (χ1v) is 9.80. The molecule has 0 bridgehead atoms. The third-order valence-electron chi connectivity index (χ3n) is 5.52. The van der Waals surface area contributed by atoms with Crippen molar-refractivity contribution in [2.45, 2.75) is 32.2 Å². The Morgan fingerprint density at radius 3 is 2.63 bits per heavy atom. The molecule has 2 aliphatic rings. The largest absolute Gasteiger partial charge is 0.340 e. The van der Waals surface area contributed by atoms with Gasteiger partial charge in [-0.3, -0.25) is 9.69 Å². The van der Waals surface area contributed by atoms with Crippen LogP contribution in [0.3, 0.4) is 0 Å². The van der Waals surface area contributed by atoms with Gasteiger partial charge < -0.3 is 14.7 Å². The Kier molecular flexibility index (Phi) is 5.50. The fraction of sp³-hybridized carbons (Fsp3) is 0.550. The Balaban J connectivity index is 1.31. The molecule has 2 aliphatic heterocycles. The van der Waals surface area contributed by atoms with Gasteiger partial charge in [0.25, 0.3) is 5.91 Å². The topological polar surface area (TPSA) is 74.5 Å². The fourth-order valence-electron chi connectivity index (χ4n) is 3.93. The van der Waals surface area contributed by atoms with Crippen LogP contribution in [-0.2, 0) is 6.54 Å². The summed E-state index contributed by atoms with van der Waals surface area (Å²) in [4.78, 5) is 21.3. The highest BCUT2D eigenvalue weighted by Crippen LogP contribution is 2.23. The molecule has 2 saturated heterocycles. The monoisotopic (exact) mass is 369 g/mol. The molecule has 1 atom stereocenters. The van der Waals surface area contributed by atoms with Crippen molar-refractivity contribution in [1.82, 2.24) is 25.3 Å². The molecule has 0 unspecified atom stereocenters. The van der Waals surface area contributed by atoms with Gasteiger partial charge >= 0.3 is 0 Å². The Bertz CT molecular complexity index is 759. The molecule has 2 aromatic rings. The summed E-state index contributed by atoms with van der Waals surface area (Å²) in [6.45, 7) is 7.72. The molecule has 144 valence electrons. The number of piperazine rings is 1. The van der Waals surface area contributed by atoms with Gasteiger partial charge in [-0.25, -0.2) is 0 Å². The summed E-state index contributed by atoms with van der Waals surface area (Å²) in [5, 5.41) is 7.40. The maximum absolute atomic E-state index is 12.8. The van der Waals surface area contributed by atoms with Gasteiger partial charge in [-0.05, 0) is 43.0 Å². The van der Waals surface area contributed by atoms with E-state index in [2.05, 4.69) is 32.5 Å². The number of carbonyl (C=O) groups is 1. The van der Waals surface area contributed by atoms with Gasteiger partial charge in [0, 0.05) is 45.2 Å². The minimum atomic E-state index is 0.123. The van der Waals surface area contributed by atoms with Gasteiger partial charge in [-0.2, -0.15) is 4.98 Å². The first kappa shape index (κ1) is 18.1. The summed E-state index contributed by atoms with van der Waals surface area (Å²) >= 11 is 0. The van der Waals surface area contributed by atoms with E-state index in [4.69, 9.17) is 4.52 Å². The molecule has 3 heterocycles. The van der Waals surface area contributed by atoms with Crippen LogP contribution in [0.2, 0.25) is 0 Å². The van der Waals surface area contributed by atoms with Crippen molar-refractivity contribution in [3.63, 3.8) is 0 Å². The first-order valence-electron chi connectivity index (χ1n) is 9.80. The minimum Gasteiger partial charge on any atom is -0.340 e. The molecular formula is C20H27N5O2. The molecule has 27 heavy (non-hydrogen) atoms. The van der Waals surface area contributed by atoms with E-state index in [1.165, 1.54) is 18.4 Å². The molecule has 1 aromatic heterocycles. The number of rotatable bonds is 4. The maximum Gasteiger partial charge on any atom is 0.253 e. The third-order valence-corrected chi connectivity index (χ3v) is 5.52. The normalized spacial score (nSPS) is 21.4. The summed E-state index contributed by atoms with van der Waals surface area (Å²) in [5.41, 5.74) is 2.11. The van der Waals surface area contributed by atoms with Crippen LogP contribution >= 0.6 is 0 Å². The van der Waals surface area contributed by atoms with Gasteiger partial charge in [-0.1, -0.05) is 17.3 Å². The van der Waals surface area contributed by atoms with Crippen molar-refractivity contribution < 1.29 is 9.32 Å². The fourth-order valence-corrected chi connectivity index (χ4v) is 3.93. The van der Waals surface area contributed by atoms with Crippen molar-refractivity contribution in [2.24, 2.45) is 0 Å². The molecule has 1 N–H and O–H groups in total. The van der Waals surface area contributed by atoms with Crippen molar-refractivity contribution in [1.29, 1.82) is 0 Å². The SMILES string of the molecule is Cc1nc(CN2CCN(C(=O)c3ccc([C@@H]4CCCNC4)cc3)CC2)no1. The number of piperidine rings is 1. The van der Waals surface area contributed by atoms with Crippen molar-refractivity contribution in [3.8, 4) is 0 Å². The van der Waals surface area contributed by atoms with Gasteiger partial charge in [-0.15, -0.1) is 0 Å². The number of aromatic nitrogens is 2. The molecule has 4 rings (SSSR count). The number of carbonyl (C=O) groups excluding carboxylic acids is 1. The molecule has 1 aromatic carbocycles. The highest BCUT2D eigenvalue weighted by Gasteiger charge is 2.23. The minimum absolute atomic E-state index is 0.123. The zero-order valence-corrected chi connectivity index (χ0v) is 15.9. The van der Waals surface area contributed by atoms with E-state index in [-0.39, 0.29) is 5.91 Å². The van der Waals surface area contributed by atoms with E-state index in [1.807, 2.05) is 17.0 Å². The summed E-state index contributed by atoms with van der Waals surface area (Å²) in [6.07, 6.45) is 2.45. The highest BCUT2D eigenvalue weighted by molar-refractivity contribution is 5.94. The lowest BCUT2D eigenvalue weighted by Crippen LogP contribution is -2.48. The first-order chi connectivity index (χ1) is 13.2. The van der Waals surface area contributed by atoms with E-state index >= 15 is 0 Å². The van der Waals surface area contributed by atoms with Crippen molar-refractivity contribution in [3.05, 3.63) is 47.1 Å². The van der Waals surface area contributed by atoms with Gasteiger partial charge in [0.05, 0.1) is 6.54 Å². The Morgan fingerprint density at radius 2 is 2.00 bits per heavy atom. The number of benzene rings is 1. The van der Waals surface area contributed by atoms with Gasteiger partial charge in [0.15, 0.2) is 5.82 Å². The number of aryl methyl sites for hydroxylation is 1. The average Bonchev–Trinajstić information content (AvgIpc) is 3.13. The van der Waals surface area contributed by atoms with Crippen LogP contribution in [0.4, 0.5) is 0 Å². The summed E-state index contributed by atoms with van der Waals surface area (Å²) < 4.78 is 5.02. The van der Waals surface area contributed by atoms with Crippen molar-refractivity contribution >= 4 is 5.91 Å². The molecular weight excluding hydrogens is 342 g/mol. The van der Waals surface area contributed by atoms with Crippen LogP contribution in [-0.4, -0.2) is 65.1 Å². The molecule has 0 saturated carbocycles. The number of nitrogens with zero attached hydrogens (tertiary/aromatic N) is 4. The summed E-state index contributed by atoms with van der Waals surface area (Å²) in [5.74, 6) is 1.99. The van der Waals surface area contributed by atoms with E-state index in [1.54, 1.807) is 6.92 Å². The molecule has 2 fully saturated rings.